The molecule has 0 fully saturated rings. The van der Waals surface area contributed by atoms with Gasteiger partial charge in [-0.05, 0) is 36.8 Å². The molecule has 0 aliphatic heterocycles. The summed E-state index contributed by atoms with van der Waals surface area (Å²) in [5, 5.41) is 0. The van der Waals surface area contributed by atoms with E-state index in [-0.39, 0.29) is 10.6 Å². The van der Waals surface area contributed by atoms with Crippen LogP contribution < -0.4 is 4.72 Å². The lowest BCUT2D eigenvalue weighted by Gasteiger charge is -2.11. The van der Waals surface area contributed by atoms with Gasteiger partial charge in [-0.3, -0.25) is 4.72 Å². The van der Waals surface area contributed by atoms with Crippen LogP contribution in [0, 0.1) is 12.7 Å². The van der Waals surface area contributed by atoms with E-state index in [1.54, 1.807) is 31.2 Å². The summed E-state index contributed by atoms with van der Waals surface area (Å²) in [4.78, 5) is 0.136. The Bertz CT molecular complexity index is 716. The third kappa shape index (κ3) is 3.13. The minimum Gasteiger partial charge on any atom is -0.277 e. The van der Waals surface area contributed by atoms with Gasteiger partial charge in [0, 0.05) is 4.47 Å². The molecule has 0 spiro atoms. The molecule has 6 heteroatoms. The van der Waals surface area contributed by atoms with Gasteiger partial charge in [-0.1, -0.05) is 34.1 Å². The van der Waals surface area contributed by atoms with Crippen LogP contribution in [0.25, 0.3) is 0 Å². The summed E-state index contributed by atoms with van der Waals surface area (Å²) in [6.45, 7) is 1.69. The highest BCUT2D eigenvalue weighted by Gasteiger charge is 2.18. The highest BCUT2D eigenvalue weighted by Crippen LogP contribution is 2.23. The Hall–Kier alpha value is -1.40. The molecule has 2 aromatic carbocycles. The molecule has 0 aliphatic rings. The highest BCUT2D eigenvalue weighted by molar-refractivity contribution is 9.10. The molecule has 0 bridgehead atoms. The SMILES string of the molecule is Cc1ccccc1S(=O)(=O)Nc1ccc(Br)cc1F. The van der Waals surface area contributed by atoms with Crippen molar-refractivity contribution in [1.82, 2.24) is 0 Å². The van der Waals surface area contributed by atoms with E-state index in [0.717, 1.165) is 0 Å². The van der Waals surface area contributed by atoms with Crippen molar-refractivity contribution in [3.05, 3.63) is 58.3 Å². The fraction of sp³-hybridized carbons (Fsp3) is 0.0769. The molecule has 0 unspecified atom stereocenters. The first kappa shape index (κ1) is 14.0. The number of hydrogen-bond donors (Lipinski definition) is 1. The summed E-state index contributed by atoms with van der Waals surface area (Å²) in [5.41, 5.74) is 0.527. The molecule has 0 radical (unpaired) electrons. The fourth-order valence-corrected chi connectivity index (χ4v) is 3.28. The van der Waals surface area contributed by atoms with Gasteiger partial charge >= 0.3 is 0 Å². The molecule has 0 heterocycles. The smallest absolute Gasteiger partial charge is 0.262 e. The number of hydrogen-bond acceptors (Lipinski definition) is 2. The van der Waals surface area contributed by atoms with E-state index in [2.05, 4.69) is 20.7 Å². The number of nitrogens with one attached hydrogen (secondary N) is 1. The number of benzene rings is 2. The molecule has 0 saturated carbocycles. The topological polar surface area (TPSA) is 46.2 Å². The van der Waals surface area contributed by atoms with Crippen LogP contribution in [-0.4, -0.2) is 8.42 Å². The van der Waals surface area contributed by atoms with E-state index < -0.39 is 15.8 Å². The van der Waals surface area contributed by atoms with Crippen LogP contribution in [0.15, 0.2) is 51.8 Å². The number of aryl methyl sites for hydroxylation is 1. The minimum atomic E-state index is -3.78. The zero-order chi connectivity index (χ0) is 14.0. The maximum Gasteiger partial charge on any atom is 0.262 e. The Morgan fingerprint density at radius 3 is 2.47 bits per heavy atom. The average Bonchev–Trinajstić information content (AvgIpc) is 2.33. The van der Waals surface area contributed by atoms with E-state index in [4.69, 9.17) is 0 Å². The number of sulfonamides is 1. The van der Waals surface area contributed by atoms with Crippen molar-refractivity contribution in [2.24, 2.45) is 0 Å². The van der Waals surface area contributed by atoms with Gasteiger partial charge in [-0.25, -0.2) is 12.8 Å². The summed E-state index contributed by atoms with van der Waals surface area (Å²) in [7, 11) is -3.78. The molecule has 0 aliphatic carbocycles. The monoisotopic (exact) mass is 343 g/mol. The van der Waals surface area contributed by atoms with Crippen molar-refractivity contribution in [2.45, 2.75) is 11.8 Å². The molecule has 19 heavy (non-hydrogen) atoms. The van der Waals surface area contributed by atoms with Crippen molar-refractivity contribution in [3.63, 3.8) is 0 Å². The molecule has 3 nitrogen and oxygen atoms in total. The van der Waals surface area contributed by atoms with E-state index in [1.165, 1.54) is 18.2 Å². The first-order valence-electron chi connectivity index (χ1n) is 5.43. The maximum absolute atomic E-state index is 13.6. The van der Waals surface area contributed by atoms with Gasteiger partial charge in [0.15, 0.2) is 0 Å². The average molecular weight is 344 g/mol. The Morgan fingerprint density at radius 1 is 1.16 bits per heavy atom. The van der Waals surface area contributed by atoms with E-state index in [1.807, 2.05) is 0 Å². The minimum absolute atomic E-state index is 0.0774. The highest BCUT2D eigenvalue weighted by atomic mass is 79.9. The van der Waals surface area contributed by atoms with Crippen LogP contribution in [0.1, 0.15) is 5.56 Å². The molecule has 1 N–H and O–H groups in total. The molecular weight excluding hydrogens is 333 g/mol. The van der Waals surface area contributed by atoms with Gasteiger partial charge in [0.1, 0.15) is 5.82 Å². The van der Waals surface area contributed by atoms with Gasteiger partial charge in [0.25, 0.3) is 10.0 Å². The largest absolute Gasteiger partial charge is 0.277 e. The van der Waals surface area contributed by atoms with Crippen LogP contribution in [0.5, 0.6) is 0 Å². The summed E-state index contributed by atoms with van der Waals surface area (Å²) in [6, 6.07) is 10.7. The molecular formula is C13H11BrFNO2S. The lowest BCUT2D eigenvalue weighted by molar-refractivity contribution is 0.598. The Balaban J connectivity index is 2.40. The first-order chi connectivity index (χ1) is 8.90. The molecule has 2 rings (SSSR count). The molecule has 2 aromatic rings. The zero-order valence-corrected chi connectivity index (χ0v) is 12.4. The molecule has 0 atom stereocenters. The molecule has 0 aromatic heterocycles. The van der Waals surface area contributed by atoms with Crippen LogP contribution in [0.3, 0.4) is 0 Å². The summed E-state index contributed by atoms with van der Waals surface area (Å²) in [5.74, 6) is -0.633. The Kier molecular flexibility index (Phi) is 3.91. The summed E-state index contributed by atoms with van der Waals surface area (Å²) >= 11 is 3.12. The Labute approximate surface area is 119 Å². The van der Waals surface area contributed by atoms with Gasteiger partial charge in [-0.15, -0.1) is 0 Å². The van der Waals surface area contributed by atoms with Crippen molar-refractivity contribution < 1.29 is 12.8 Å². The number of rotatable bonds is 3. The quantitative estimate of drug-likeness (QED) is 0.923. The van der Waals surface area contributed by atoms with E-state index in [9.17, 15) is 12.8 Å². The third-order valence-corrected chi connectivity index (χ3v) is 4.58. The third-order valence-electron chi connectivity index (χ3n) is 2.56. The summed E-state index contributed by atoms with van der Waals surface area (Å²) in [6.07, 6.45) is 0. The lowest BCUT2D eigenvalue weighted by Crippen LogP contribution is -2.15. The standard InChI is InChI=1S/C13H11BrFNO2S/c1-9-4-2-3-5-13(9)19(17,18)16-12-7-6-10(14)8-11(12)15/h2-8,16H,1H3. The van der Waals surface area contributed by atoms with Crippen molar-refractivity contribution in [3.8, 4) is 0 Å². The van der Waals surface area contributed by atoms with Crippen LogP contribution in [0.4, 0.5) is 10.1 Å². The van der Waals surface area contributed by atoms with Crippen molar-refractivity contribution in [2.75, 3.05) is 4.72 Å². The Morgan fingerprint density at radius 2 is 1.84 bits per heavy atom. The fourth-order valence-electron chi connectivity index (χ4n) is 1.63. The normalized spacial score (nSPS) is 11.3. The lowest BCUT2D eigenvalue weighted by atomic mass is 10.2. The zero-order valence-electron chi connectivity index (χ0n) is 10.0. The first-order valence-corrected chi connectivity index (χ1v) is 7.71. The van der Waals surface area contributed by atoms with Gasteiger partial charge in [-0.2, -0.15) is 0 Å². The van der Waals surface area contributed by atoms with E-state index >= 15 is 0 Å². The molecule has 0 amide bonds. The predicted molar refractivity (Wildman–Crippen MR) is 76.1 cm³/mol. The molecule has 0 saturated heterocycles. The summed E-state index contributed by atoms with van der Waals surface area (Å²) < 4.78 is 40.8. The predicted octanol–water partition coefficient (Wildman–Crippen LogP) is 3.70. The van der Waals surface area contributed by atoms with Crippen molar-refractivity contribution in [1.29, 1.82) is 0 Å². The van der Waals surface area contributed by atoms with Crippen LogP contribution >= 0.6 is 15.9 Å². The maximum atomic E-state index is 13.6. The second-order valence-electron chi connectivity index (χ2n) is 4.00. The van der Waals surface area contributed by atoms with Gasteiger partial charge < -0.3 is 0 Å². The second-order valence-corrected chi connectivity index (χ2v) is 6.56. The van der Waals surface area contributed by atoms with Crippen molar-refractivity contribution >= 4 is 31.6 Å². The van der Waals surface area contributed by atoms with Gasteiger partial charge in [0.2, 0.25) is 0 Å². The number of anilines is 1. The van der Waals surface area contributed by atoms with Crippen LogP contribution in [-0.2, 0) is 10.0 Å². The van der Waals surface area contributed by atoms with Crippen LogP contribution in [0.2, 0.25) is 0 Å². The van der Waals surface area contributed by atoms with Gasteiger partial charge in [0.05, 0.1) is 10.6 Å². The molecule has 100 valence electrons. The second kappa shape index (κ2) is 5.30. The number of halogens is 2. The van der Waals surface area contributed by atoms with E-state index in [0.29, 0.717) is 10.0 Å².